The van der Waals surface area contributed by atoms with Crippen molar-refractivity contribution in [3.63, 3.8) is 0 Å². The smallest absolute Gasteiger partial charge is 0.0134 e. The summed E-state index contributed by atoms with van der Waals surface area (Å²) >= 11 is 1.82. The van der Waals surface area contributed by atoms with E-state index in [9.17, 15) is 4.79 Å². The van der Waals surface area contributed by atoms with Gasteiger partial charge in [0.15, 0.2) is 0 Å². The van der Waals surface area contributed by atoms with Crippen LogP contribution in [0.1, 0.15) is 11.1 Å². The summed E-state index contributed by atoms with van der Waals surface area (Å²) in [5.41, 5.74) is 1.77. The van der Waals surface area contributed by atoms with Gasteiger partial charge in [0.25, 0.3) is 0 Å². The Morgan fingerprint density at radius 1 is 0.547 bits per heavy atom. The molecule has 0 atom stereocenters. The van der Waals surface area contributed by atoms with E-state index in [4.69, 9.17) is 4.65 Å². The fraction of sp³-hybridized carbons (Fsp3) is 0.0435. The van der Waals surface area contributed by atoms with Gasteiger partial charge in [-0.1, -0.05) is 194 Å². The first-order valence-corrected chi connectivity index (χ1v) is 21.5. The van der Waals surface area contributed by atoms with Crippen LogP contribution in [0.5, 0.6) is 0 Å². The third kappa shape index (κ3) is 14.1. The molecule has 0 radical (unpaired) electrons. The second-order valence-corrected chi connectivity index (χ2v) is 15.6. The minimum absolute atomic E-state index is 0.0289. The predicted molar refractivity (Wildman–Crippen MR) is 227 cm³/mol. The Labute approximate surface area is 330 Å². The molecule has 0 saturated carbocycles. The van der Waals surface area contributed by atoms with Crippen LogP contribution >= 0.6 is 25.5 Å². The van der Waals surface area contributed by atoms with Gasteiger partial charge in [-0.2, -0.15) is 17.7 Å². The molecule has 0 spiro atoms. The van der Waals surface area contributed by atoms with Crippen molar-refractivity contribution in [1.82, 2.24) is 0 Å². The quantitative estimate of drug-likeness (QED) is 0.0522. The normalized spacial score (nSPS) is 9.96. The molecule has 0 bridgehead atoms. The average Bonchev–Trinajstić information content (AvgIpc) is 3.24. The number of halogens is 1. The van der Waals surface area contributed by atoms with Gasteiger partial charge in [-0.15, -0.1) is 6.07 Å². The van der Waals surface area contributed by atoms with Crippen LogP contribution in [0.15, 0.2) is 210 Å². The molecule has 266 valence electrons. The first-order chi connectivity index (χ1) is 26.1. The van der Waals surface area contributed by atoms with E-state index in [0.29, 0.717) is 5.56 Å². The second kappa shape index (κ2) is 25.5. The monoisotopic (exact) mass is 837 g/mol. The van der Waals surface area contributed by atoms with E-state index in [1.54, 1.807) is 25.4 Å². The zero-order valence-electron chi connectivity index (χ0n) is 29.5. The maximum Gasteiger partial charge on any atom is -0.0134 e. The number of nitrogens with zero attached hydrogens (tertiary/aromatic N) is 1. The molecule has 0 aliphatic rings. The van der Waals surface area contributed by atoms with E-state index in [-0.39, 0.29) is 5.43 Å². The molecule has 7 aromatic rings. The molecule has 7 aromatic carbocycles. The van der Waals surface area contributed by atoms with Gasteiger partial charge in [-0.25, -0.2) is 0 Å². The van der Waals surface area contributed by atoms with E-state index in [2.05, 4.69) is 203 Å². The standard InChI is InChI=1S/2C18H15P.C9H10NO.CO.ClH.Ru/c2*1-4-10-16(11-5-1)19(17-12-6-2-7-13-17)18-14-8-3-9-15-18;1-7-3-4-9(11)8(5-7)6-10-2;1-2;;/h2*1-15H;3-6H,1-2H3;;1H;/q;;-1;;;+2/p-1. The molecule has 0 aliphatic carbocycles. The Balaban J connectivity index is 0.000000211. The molecule has 0 N–H and O–H groups in total. The summed E-state index contributed by atoms with van der Waals surface area (Å²) in [5, 5.41) is 8.39. The van der Waals surface area contributed by atoms with Gasteiger partial charge in [0.1, 0.15) is 0 Å². The zero-order valence-corrected chi connectivity index (χ0v) is 33.8. The first kappa shape index (κ1) is 42.9. The van der Waals surface area contributed by atoms with E-state index < -0.39 is 15.8 Å². The molecular weight excluding hydrogens is 797 g/mol. The molecule has 0 unspecified atom stereocenters. The number of hydrogen-bond acceptors (Lipinski definition) is 2. The maximum absolute atomic E-state index is 11.1. The Kier molecular flexibility index (Phi) is 20.6. The molecule has 0 fully saturated rings. The third-order valence-corrected chi connectivity index (χ3v) is 12.4. The van der Waals surface area contributed by atoms with Crippen LogP contribution in [0.2, 0.25) is 0 Å². The Hall–Kier alpha value is -4.48. The van der Waals surface area contributed by atoms with Gasteiger partial charge in [-0.3, -0.25) is 0 Å². The number of aliphatic imine (C=N–C) groups is 1. The van der Waals surface area contributed by atoms with Crippen molar-refractivity contribution in [2.75, 3.05) is 7.05 Å². The van der Waals surface area contributed by atoms with Crippen LogP contribution in [0.4, 0.5) is 0 Å². The molecule has 7 heteroatoms. The topological polar surface area (TPSA) is 49.3 Å². The summed E-state index contributed by atoms with van der Waals surface area (Å²) in [4.78, 5) is 14.9. The van der Waals surface area contributed by atoms with Crippen molar-refractivity contribution in [2.24, 2.45) is 4.99 Å². The molecule has 0 amide bonds. The van der Waals surface area contributed by atoms with E-state index >= 15 is 0 Å². The Morgan fingerprint density at radius 3 is 1.02 bits per heavy atom. The van der Waals surface area contributed by atoms with Gasteiger partial charge in [-0.05, 0) is 53.9 Å². The van der Waals surface area contributed by atoms with Crippen LogP contribution in [0, 0.1) is 13.6 Å². The summed E-state index contributed by atoms with van der Waals surface area (Å²) in [6, 6.07) is 69.8. The van der Waals surface area contributed by atoms with Crippen molar-refractivity contribution in [2.45, 2.75) is 6.92 Å². The number of aryl methyl sites for hydroxylation is 1. The van der Waals surface area contributed by atoms with Gasteiger partial charge in [0.2, 0.25) is 0 Å². The fourth-order valence-corrected chi connectivity index (χ4v) is 9.88. The number of benzene rings is 7. The van der Waals surface area contributed by atoms with Gasteiger partial charge >= 0.3 is 38.3 Å². The summed E-state index contributed by atoms with van der Waals surface area (Å²) in [6.45, 7) is 6.45. The van der Waals surface area contributed by atoms with Crippen molar-refractivity contribution in [3.8, 4) is 0 Å². The molecule has 0 aliphatic heterocycles. The SMILES string of the molecule is CN=Cc1cc(C)c[cH-]c1=O.[C-]#[O+].[Cl][Ru+].c1ccc(P(c2ccccc2)c2ccccc2)cc1.c1ccc(P(c2ccccc2)c2ccccc2)cc1. The van der Waals surface area contributed by atoms with Crippen molar-refractivity contribution < 1.29 is 22.0 Å². The van der Waals surface area contributed by atoms with Crippen LogP contribution in [0.25, 0.3) is 0 Å². The summed E-state index contributed by atoms with van der Waals surface area (Å²) in [5.74, 6) is 0. The molecular formula is C46H40ClNO2P2Ru. The van der Waals surface area contributed by atoms with Crippen molar-refractivity contribution >= 4 is 63.6 Å². The molecule has 7 rings (SSSR count). The third-order valence-electron chi connectivity index (χ3n) is 7.52. The van der Waals surface area contributed by atoms with Gasteiger partial charge < -0.3 is 9.79 Å². The largest absolute Gasteiger partial charge is 0.0622 e. The van der Waals surface area contributed by atoms with Crippen LogP contribution in [0.3, 0.4) is 0 Å². The Bertz CT molecular complexity index is 1790. The van der Waals surface area contributed by atoms with Gasteiger partial charge in [0, 0.05) is 7.05 Å². The minimum Gasteiger partial charge on any atom is -0.0622 e. The second-order valence-electron chi connectivity index (χ2n) is 11.1. The zero-order chi connectivity index (χ0) is 38.1. The summed E-state index contributed by atoms with van der Waals surface area (Å²) in [6.07, 6.45) is 1.58. The first-order valence-electron chi connectivity index (χ1n) is 16.6. The molecule has 3 nitrogen and oxygen atoms in total. The number of rotatable bonds is 7. The van der Waals surface area contributed by atoms with Crippen LogP contribution in [-0.2, 0) is 22.0 Å². The van der Waals surface area contributed by atoms with E-state index in [1.807, 2.05) is 30.3 Å². The predicted octanol–water partition coefficient (Wildman–Crippen LogP) is 8.66. The number of hydrogen-bond donors (Lipinski definition) is 0. The van der Waals surface area contributed by atoms with E-state index in [1.165, 1.54) is 31.8 Å². The molecule has 0 aromatic heterocycles. The van der Waals surface area contributed by atoms with Crippen molar-refractivity contribution in [1.29, 1.82) is 0 Å². The maximum atomic E-state index is 11.1. The van der Waals surface area contributed by atoms with Crippen LogP contribution in [-0.4, -0.2) is 13.3 Å². The average molecular weight is 837 g/mol. The summed E-state index contributed by atoms with van der Waals surface area (Å²) < 4.78 is 7.50. The fourth-order valence-electron chi connectivity index (χ4n) is 5.26. The summed E-state index contributed by atoms with van der Waals surface area (Å²) in [7, 11) is 5.33. The minimum atomic E-state index is -0.446. The molecule has 0 saturated heterocycles. The van der Waals surface area contributed by atoms with Crippen molar-refractivity contribution in [3.05, 3.63) is 228 Å². The van der Waals surface area contributed by atoms with Crippen LogP contribution < -0.4 is 37.3 Å². The van der Waals surface area contributed by atoms with Gasteiger partial charge in [0.05, 0.1) is 5.43 Å². The molecule has 0 heterocycles. The van der Waals surface area contributed by atoms with E-state index in [0.717, 1.165) is 5.56 Å². The Morgan fingerprint density at radius 2 is 0.792 bits per heavy atom. The molecule has 53 heavy (non-hydrogen) atoms.